The lowest BCUT2D eigenvalue weighted by Gasteiger charge is -2.22. The molecule has 1 aliphatic carbocycles. The molecule has 0 amide bonds. The average molecular weight is 524 g/mol. The number of hydrogen-bond donors (Lipinski definition) is 3. The third kappa shape index (κ3) is 8.32. The second kappa shape index (κ2) is 14.2. The molecule has 0 saturated heterocycles. The molecule has 5 nitrogen and oxygen atoms in total. The normalized spacial score (nSPS) is 15.4. The minimum absolute atomic E-state index is 0. The van der Waals surface area contributed by atoms with Gasteiger partial charge in [-0.3, -0.25) is 0 Å². The monoisotopic (exact) mass is 523 g/mol. The van der Waals surface area contributed by atoms with Crippen LogP contribution in [0.5, 0.6) is 5.75 Å². The first-order valence-corrected chi connectivity index (χ1v) is 13.1. The Bertz CT molecular complexity index is 1110. The van der Waals surface area contributed by atoms with Gasteiger partial charge in [0.2, 0.25) is 0 Å². The molecule has 0 heterocycles. The van der Waals surface area contributed by atoms with Crippen LogP contribution in [0.3, 0.4) is 0 Å². The van der Waals surface area contributed by atoms with Gasteiger partial charge in [-0.15, -0.1) is 12.4 Å². The molecule has 0 unspecified atom stereocenters. The number of aliphatic hydroxyl groups is 1. The highest BCUT2D eigenvalue weighted by Gasteiger charge is 2.18. The number of aliphatic hydroxyl groups excluding tert-OH is 1. The highest BCUT2D eigenvalue weighted by atomic mass is 35.5. The maximum atomic E-state index is 11.7. The Balaban J connectivity index is 0.00000380. The molecule has 37 heavy (non-hydrogen) atoms. The van der Waals surface area contributed by atoms with Gasteiger partial charge in [-0.1, -0.05) is 79.9 Å². The van der Waals surface area contributed by atoms with Gasteiger partial charge in [0.05, 0.1) is 12.7 Å². The Kier molecular flexibility index (Phi) is 11.0. The molecule has 0 spiro atoms. The molecule has 1 aliphatic rings. The van der Waals surface area contributed by atoms with Gasteiger partial charge in [0, 0.05) is 12.6 Å². The van der Waals surface area contributed by atoms with Crippen LogP contribution in [0, 0.1) is 5.92 Å². The zero-order valence-electron chi connectivity index (χ0n) is 21.4. The number of rotatable bonds is 11. The van der Waals surface area contributed by atoms with Crippen molar-refractivity contribution in [3.05, 3.63) is 89.5 Å². The number of aromatic carboxylic acids is 1. The van der Waals surface area contributed by atoms with E-state index in [1.807, 2.05) is 42.5 Å². The molecule has 6 heteroatoms. The van der Waals surface area contributed by atoms with Gasteiger partial charge in [0.25, 0.3) is 0 Å². The van der Waals surface area contributed by atoms with Crippen molar-refractivity contribution in [1.29, 1.82) is 0 Å². The Hall–Kier alpha value is -2.86. The second-order valence-corrected chi connectivity index (χ2v) is 9.97. The van der Waals surface area contributed by atoms with Gasteiger partial charge >= 0.3 is 5.97 Å². The summed E-state index contributed by atoms with van der Waals surface area (Å²) in [7, 11) is 0. The van der Waals surface area contributed by atoms with Crippen molar-refractivity contribution in [3.8, 4) is 16.9 Å². The number of hydrogen-bond acceptors (Lipinski definition) is 4. The fraction of sp³-hybridized carbons (Fsp3) is 0.387. The molecular weight excluding hydrogens is 486 g/mol. The molecular formula is C31H38ClNO4. The minimum Gasteiger partial charge on any atom is -0.492 e. The van der Waals surface area contributed by atoms with E-state index in [0.717, 1.165) is 36.0 Å². The SMILES string of the molecule is C[C@H](Cc1ccc(-c2ccc(C(=O)O)c(OCC3CCCCC3)c2)cc1)NC[C@H](O)c1ccccc1.Cl. The molecule has 3 N–H and O–H groups in total. The summed E-state index contributed by atoms with van der Waals surface area (Å²) in [5.41, 5.74) is 4.30. The van der Waals surface area contributed by atoms with Crippen molar-refractivity contribution in [2.75, 3.05) is 13.2 Å². The Morgan fingerprint density at radius 3 is 2.32 bits per heavy atom. The van der Waals surface area contributed by atoms with Gasteiger partial charge in [0.1, 0.15) is 11.3 Å². The van der Waals surface area contributed by atoms with Crippen LogP contribution < -0.4 is 10.1 Å². The lowest BCUT2D eigenvalue weighted by molar-refractivity contribution is 0.0690. The number of benzene rings is 3. The van der Waals surface area contributed by atoms with E-state index >= 15 is 0 Å². The predicted octanol–water partition coefficient (Wildman–Crippen LogP) is 6.69. The summed E-state index contributed by atoms with van der Waals surface area (Å²) in [6.07, 6.45) is 6.37. The van der Waals surface area contributed by atoms with Crippen LogP contribution in [-0.2, 0) is 6.42 Å². The summed E-state index contributed by atoms with van der Waals surface area (Å²) in [6, 6.07) is 23.6. The number of halogens is 1. The van der Waals surface area contributed by atoms with Crippen molar-refractivity contribution >= 4 is 18.4 Å². The molecule has 0 aromatic heterocycles. The first-order valence-electron chi connectivity index (χ1n) is 13.1. The van der Waals surface area contributed by atoms with Crippen molar-refractivity contribution in [2.24, 2.45) is 5.92 Å². The number of carboxylic acid groups (broad SMARTS) is 1. The third-order valence-corrected chi connectivity index (χ3v) is 7.08. The van der Waals surface area contributed by atoms with E-state index in [9.17, 15) is 15.0 Å². The standard InChI is InChI=1S/C31H37NO4.ClH/c1-22(32-20-29(33)26-10-6-3-7-11-26)18-23-12-14-25(15-13-23)27-16-17-28(31(34)35)30(19-27)36-21-24-8-4-2-5-9-24;/h3,6-7,10-17,19,22,24,29,32-33H,2,4-5,8-9,18,20-21H2,1H3,(H,34,35);1H/t22-,29+;/m1./s1. The Morgan fingerprint density at radius 1 is 0.973 bits per heavy atom. The smallest absolute Gasteiger partial charge is 0.339 e. The molecule has 2 atom stereocenters. The quantitative estimate of drug-likeness (QED) is 0.261. The molecule has 0 aliphatic heterocycles. The van der Waals surface area contributed by atoms with Crippen LogP contribution in [0.4, 0.5) is 0 Å². The van der Waals surface area contributed by atoms with Crippen LogP contribution >= 0.6 is 12.4 Å². The maximum absolute atomic E-state index is 11.7. The van der Waals surface area contributed by atoms with Crippen LogP contribution in [0.1, 0.15) is 66.6 Å². The lowest BCUT2D eigenvalue weighted by atomic mass is 9.90. The van der Waals surface area contributed by atoms with E-state index in [2.05, 4.69) is 36.5 Å². The predicted molar refractivity (Wildman–Crippen MR) is 151 cm³/mol. The first-order chi connectivity index (χ1) is 17.5. The van der Waals surface area contributed by atoms with Crippen molar-refractivity contribution < 1.29 is 19.7 Å². The summed E-state index contributed by atoms with van der Waals surface area (Å²) >= 11 is 0. The van der Waals surface area contributed by atoms with Crippen LogP contribution in [-0.4, -0.2) is 35.4 Å². The van der Waals surface area contributed by atoms with Crippen LogP contribution in [0.25, 0.3) is 11.1 Å². The topological polar surface area (TPSA) is 78.8 Å². The van der Waals surface area contributed by atoms with E-state index < -0.39 is 12.1 Å². The van der Waals surface area contributed by atoms with E-state index in [1.54, 1.807) is 6.07 Å². The molecule has 198 valence electrons. The van der Waals surface area contributed by atoms with E-state index in [-0.39, 0.29) is 24.0 Å². The molecule has 3 aromatic rings. The summed E-state index contributed by atoms with van der Waals surface area (Å²) in [5.74, 6) is -0.00778. The Morgan fingerprint density at radius 2 is 1.65 bits per heavy atom. The highest BCUT2D eigenvalue weighted by molar-refractivity contribution is 5.92. The van der Waals surface area contributed by atoms with Crippen LogP contribution in [0.15, 0.2) is 72.8 Å². The van der Waals surface area contributed by atoms with Crippen LogP contribution in [0.2, 0.25) is 0 Å². The van der Waals surface area contributed by atoms with E-state index in [1.165, 1.54) is 24.8 Å². The van der Waals surface area contributed by atoms with Gasteiger partial charge in [-0.25, -0.2) is 4.79 Å². The third-order valence-electron chi connectivity index (χ3n) is 7.08. The van der Waals surface area contributed by atoms with E-state index in [0.29, 0.717) is 24.8 Å². The molecule has 0 radical (unpaired) electrons. The molecule has 3 aromatic carbocycles. The number of carbonyl (C=O) groups is 1. The fourth-order valence-electron chi connectivity index (χ4n) is 4.92. The zero-order valence-corrected chi connectivity index (χ0v) is 22.3. The Labute approximate surface area is 226 Å². The number of ether oxygens (including phenoxy) is 1. The summed E-state index contributed by atoms with van der Waals surface area (Å²) in [4.78, 5) is 11.7. The highest BCUT2D eigenvalue weighted by Crippen LogP contribution is 2.30. The molecule has 1 fully saturated rings. The van der Waals surface area contributed by atoms with Gasteiger partial charge in [0.15, 0.2) is 0 Å². The van der Waals surface area contributed by atoms with Crippen molar-refractivity contribution in [3.63, 3.8) is 0 Å². The lowest BCUT2D eigenvalue weighted by Crippen LogP contribution is -2.32. The minimum atomic E-state index is -0.964. The first kappa shape index (κ1) is 28.7. The maximum Gasteiger partial charge on any atom is 0.339 e. The second-order valence-electron chi connectivity index (χ2n) is 9.97. The molecule has 0 bridgehead atoms. The largest absolute Gasteiger partial charge is 0.492 e. The number of nitrogens with one attached hydrogen (secondary N) is 1. The van der Waals surface area contributed by atoms with Crippen molar-refractivity contribution in [1.82, 2.24) is 5.32 Å². The molecule has 4 rings (SSSR count). The number of carboxylic acids is 1. The van der Waals surface area contributed by atoms with Gasteiger partial charge < -0.3 is 20.3 Å². The van der Waals surface area contributed by atoms with Gasteiger partial charge in [-0.2, -0.15) is 0 Å². The van der Waals surface area contributed by atoms with E-state index in [4.69, 9.17) is 4.74 Å². The van der Waals surface area contributed by atoms with Crippen molar-refractivity contribution in [2.45, 2.75) is 57.6 Å². The fourth-order valence-corrected chi connectivity index (χ4v) is 4.92. The van der Waals surface area contributed by atoms with Gasteiger partial charge in [-0.05, 0) is 66.5 Å². The summed E-state index contributed by atoms with van der Waals surface area (Å²) in [6.45, 7) is 3.20. The summed E-state index contributed by atoms with van der Waals surface area (Å²) in [5, 5.41) is 23.4. The average Bonchev–Trinajstić information content (AvgIpc) is 2.92. The summed E-state index contributed by atoms with van der Waals surface area (Å²) < 4.78 is 6.05. The molecule has 1 saturated carbocycles. The zero-order chi connectivity index (χ0) is 25.3.